The first kappa shape index (κ1) is 15.0. The van der Waals surface area contributed by atoms with Crippen LogP contribution in [0.5, 0.6) is 0 Å². The molecular formula is C17H20Cl2NO+. The zero-order chi connectivity index (χ0) is 14.7. The molecule has 0 bridgehead atoms. The maximum atomic E-state index is 6.04. The Bertz CT molecular complexity index is 582. The van der Waals surface area contributed by atoms with Crippen molar-refractivity contribution in [2.24, 2.45) is 0 Å². The fourth-order valence-electron chi connectivity index (χ4n) is 2.99. The second-order valence-corrected chi connectivity index (χ2v) is 6.63. The summed E-state index contributed by atoms with van der Waals surface area (Å²) in [6, 6.07) is 10.3. The summed E-state index contributed by atoms with van der Waals surface area (Å²) in [4.78, 5) is 0. The molecule has 1 fully saturated rings. The van der Waals surface area contributed by atoms with E-state index in [9.17, 15) is 0 Å². The Morgan fingerprint density at radius 3 is 2.43 bits per heavy atom. The van der Waals surface area contributed by atoms with Gasteiger partial charge in [-0.15, -0.1) is 0 Å². The first-order valence-corrected chi connectivity index (χ1v) is 8.35. The topological polar surface area (TPSA) is 29.8 Å². The molecule has 1 heterocycles. The molecule has 2 nitrogen and oxygen atoms in total. The first-order valence-electron chi connectivity index (χ1n) is 7.59. The van der Waals surface area contributed by atoms with Gasteiger partial charge < -0.3 is 9.73 Å². The van der Waals surface area contributed by atoms with Gasteiger partial charge in [0, 0.05) is 15.6 Å². The van der Waals surface area contributed by atoms with Crippen LogP contribution in [0.3, 0.4) is 0 Å². The van der Waals surface area contributed by atoms with E-state index in [0.29, 0.717) is 10.0 Å². The lowest BCUT2D eigenvalue weighted by atomic mass is 9.95. The summed E-state index contributed by atoms with van der Waals surface area (Å²) < 4.78 is 5.92. The summed E-state index contributed by atoms with van der Waals surface area (Å²) >= 11 is 12.1. The molecule has 112 valence electrons. The lowest BCUT2D eigenvalue weighted by Gasteiger charge is -2.19. The molecule has 21 heavy (non-hydrogen) atoms. The summed E-state index contributed by atoms with van der Waals surface area (Å²) in [6.07, 6.45) is 6.79. The smallest absolute Gasteiger partial charge is 0.158 e. The van der Waals surface area contributed by atoms with Crippen LogP contribution in [-0.2, 0) is 6.54 Å². The molecule has 1 aromatic heterocycles. The van der Waals surface area contributed by atoms with E-state index in [1.165, 1.54) is 32.1 Å². The van der Waals surface area contributed by atoms with Crippen molar-refractivity contribution < 1.29 is 9.73 Å². The van der Waals surface area contributed by atoms with Crippen molar-refractivity contribution in [1.82, 2.24) is 0 Å². The maximum Gasteiger partial charge on any atom is 0.158 e. The van der Waals surface area contributed by atoms with Crippen LogP contribution in [0, 0.1) is 0 Å². The van der Waals surface area contributed by atoms with E-state index in [0.717, 1.165) is 29.7 Å². The zero-order valence-electron chi connectivity index (χ0n) is 11.9. The third-order valence-electron chi connectivity index (χ3n) is 4.11. The average molecular weight is 325 g/mol. The van der Waals surface area contributed by atoms with Gasteiger partial charge >= 0.3 is 0 Å². The van der Waals surface area contributed by atoms with Gasteiger partial charge in [0.1, 0.15) is 12.3 Å². The molecule has 1 aliphatic carbocycles. The Morgan fingerprint density at radius 1 is 1.00 bits per heavy atom. The van der Waals surface area contributed by atoms with Crippen molar-refractivity contribution >= 4 is 23.2 Å². The summed E-state index contributed by atoms with van der Waals surface area (Å²) in [6.45, 7) is 0.902. The number of hydrogen-bond donors (Lipinski definition) is 1. The molecule has 1 saturated carbocycles. The zero-order valence-corrected chi connectivity index (χ0v) is 13.5. The van der Waals surface area contributed by atoms with Crippen LogP contribution >= 0.6 is 23.2 Å². The van der Waals surface area contributed by atoms with Crippen molar-refractivity contribution in [2.75, 3.05) is 0 Å². The highest BCUT2D eigenvalue weighted by Gasteiger charge is 2.16. The van der Waals surface area contributed by atoms with Gasteiger partial charge in [-0.3, -0.25) is 0 Å². The van der Waals surface area contributed by atoms with Crippen molar-refractivity contribution in [3.8, 4) is 11.3 Å². The van der Waals surface area contributed by atoms with E-state index >= 15 is 0 Å². The quantitative estimate of drug-likeness (QED) is 0.871. The minimum absolute atomic E-state index is 0.629. The average Bonchev–Trinajstić information content (AvgIpc) is 2.94. The molecule has 2 aromatic rings. The molecule has 0 atom stereocenters. The predicted octanol–water partition coefficient (Wildman–Crippen LogP) is 4.65. The van der Waals surface area contributed by atoms with Crippen molar-refractivity contribution in [2.45, 2.75) is 44.7 Å². The van der Waals surface area contributed by atoms with Crippen LogP contribution in [0.25, 0.3) is 11.3 Å². The van der Waals surface area contributed by atoms with Gasteiger partial charge in [0.2, 0.25) is 0 Å². The van der Waals surface area contributed by atoms with E-state index < -0.39 is 0 Å². The van der Waals surface area contributed by atoms with E-state index in [4.69, 9.17) is 27.6 Å². The van der Waals surface area contributed by atoms with Gasteiger partial charge in [-0.2, -0.15) is 0 Å². The van der Waals surface area contributed by atoms with Crippen LogP contribution in [0.15, 0.2) is 34.7 Å². The van der Waals surface area contributed by atoms with Crippen LogP contribution in [0.2, 0.25) is 10.0 Å². The number of furan rings is 1. The van der Waals surface area contributed by atoms with Crippen molar-refractivity contribution in [1.29, 1.82) is 0 Å². The Morgan fingerprint density at radius 2 is 1.71 bits per heavy atom. The molecule has 0 amide bonds. The third-order valence-corrected chi connectivity index (χ3v) is 4.55. The number of halogens is 2. The van der Waals surface area contributed by atoms with Gasteiger partial charge in [-0.1, -0.05) is 29.6 Å². The van der Waals surface area contributed by atoms with Crippen LogP contribution in [0.1, 0.15) is 37.9 Å². The molecule has 3 rings (SSSR count). The molecule has 2 N–H and O–H groups in total. The number of rotatable bonds is 4. The number of nitrogens with two attached hydrogens (primary N) is 1. The molecular weight excluding hydrogens is 305 g/mol. The molecule has 1 aromatic carbocycles. The Balaban J connectivity index is 1.65. The lowest BCUT2D eigenvalue weighted by Crippen LogP contribution is -2.88. The van der Waals surface area contributed by atoms with E-state index in [2.05, 4.69) is 5.32 Å². The van der Waals surface area contributed by atoms with Crippen LogP contribution in [-0.4, -0.2) is 6.04 Å². The highest BCUT2D eigenvalue weighted by molar-refractivity contribution is 6.35. The summed E-state index contributed by atoms with van der Waals surface area (Å²) in [5, 5.41) is 3.67. The summed E-state index contributed by atoms with van der Waals surface area (Å²) in [7, 11) is 0. The minimum Gasteiger partial charge on any atom is -0.455 e. The maximum absolute atomic E-state index is 6.04. The van der Waals surface area contributed by atoms with E-state index in [1.54, 1.807) is 6.07 Å². The van der Waals surface area contributed by atoms with Crippen LogP contribution in [0.4, 0.5) is 0 Å². The lowest BCUT2D eigenvalue weighted by molar-refractivity contribution is -0.708. The molecule has 1 aliphatic rings. The van der Waals surface area contributed by atoms with E-state index in [-0.39, 0.29) is 0 Å². The monoisotopic (exact) mass is 324 g/mol. The molecule has 0 radical (unpaired) electrons. The third kappa shape index (κ3) is 4.03. The summed E-state index contributed by atoms with van der Waals surface area (Å²) in [5.41, 5.74) is 0.927. The Kier molecular flexibility index (Phi) is 4.89. The fraction of sp³-hybridized carbons (Fsp3) is 0.412. The Hall–Kier alpha value is -0.960. The van der Waals surface area contributed by atoms with Gasteiger partial charge in [-0.05, 0) is 56.0 Å². The molecule has 0 saturated heterocycles. The van der Waals surface area contributed by atoms with Gasteiger partial charge in [0.05, 0.1) is 6.04 Å². The minimum atomic E-state index is 0.629. The second kappa shape index (κ2) is 6.87. The Labute approximate surface area is 135 Å². The standard InChI is InChI=1S/C17H19Cl2NO/c18-13-8-12(9-14(19)10-13)17-7-6-16(21-17)11-20-15-4-2-1-3-5-15/h6-10,15,20H,1-5,11H2/p+1. The van der Waals surface area contributed by atoms with Crippen molar-refractivity contribution in [3.05, 3.63) is 46.1 Å². The normalized spacial score (nSPS) is 16.3. The first-order chi connectivity index (χ1) is 10.2. The van der Waals surface area contributed by atoms with Crippen molar-refractivity contribution in [3.63, 3.8) is 0 Å². The summed E-state index contributed by atoms with van der Waals surface area (Å²) in [5.74, 6) is 1.83. The highest BCUT2D eigenvalue weighted by Crippen LogP contribution is 2.28. The number of benzene rings is 1. The molecule has 4 heteroatoms. The fourth-order valence-corrected chi connectivity index (χ4v) is 3.52. The molecule has 0 aliphatic heterocycles. The van der Waals surface area contributed by atoms with Crippen LogP contribution < -0.4 is 5.32 Å². The predicted molar refractivity (Wildman–Crippen MR) is 86.7 cm³/mol. The SMILES string of the molecule is Clc1cc(Cl)cc(-c2ccc(C[NH2+]C3CCCCC3)o2)c1. The van der Waals surface area contributed by atoms with Gasteiger partial charge in [-0.25, -0.2) is 0 Å². The largest absolute Gasteiger partial charge is 0.455 e. The molecule has 0 unspecified atom stereocenters. The van der Waals surface area contributed by atoms with Gasteiger partial charge in [0.25, 0.3) is 0 Å². The van der Waals surface area contributed by atoms with E-state index in [1.807, 2.05) is 24.3 Å². The van der Waals surface area contributed by atoms with Gasteiger partial charge in [0.15, 0.2) is 5.76 Å². The molecule has 0 spiro atoms. The second-order valence-electron chi connectivity index (χ2n) is 5.76. The number of hydrogen-bond acceptors (Lipinski definition) is 1. The highest BCUT2D eigenvalue weighted by atomic mass is 35.5. The number of quaternary nitrogens is 1.